The quantitative estimate of drug-likeness (QED) is 0.413. The molecule has 0 aliphatic heterocycles. The standard InChI is InChI=1S/C15H11F6NO3S/c1-24-8-25-13(14(16,17)18,15(19,20)21)12-22-7-10(26-12)11(23)9-5-3-2-4-6-9/h2-7H,8H2,1H3. The second-order valence-corrected chi connectivity index (χ2v) is 5.98. The number of ketones is 1. The molecule has 142 valence electrons. The van der Waals surface area contributed by atoms with Gasteiger partial charge >= 0.3 is 18.0 Å². The zero-order valence-corrected chi connectivity index (χ0v) is 13.8. The molecule has 1 aromatic heterocycles. The summed E-state index contributed by atoms with van der Waals surface area (Å²) in [6, 6.07) is 7.37. The molecule has 0 aliphatic rings. The number of hydrogen-bond acceptors (Lipinski definition) is 5. The summed E-state index contributed by atoms with van der Waals surface area (Å²) in [5, 5.41) is -1.45. The van der Waals surface area contributed by atoms with Crippen LogP contribution in [-0.2, 0) is 15.1 Å². The molecule has 0 amide bonds. The molecule has 0 fully saturated rings. The number of methoxy groups -OCH3 is 1. The molecule has 26 heavy (non-hydrogen) atoms. The zero-order chi connectivity index (χ0) is 19.6. The van der Waals surface area contributed by atoms with Crippen molar-refractivity contribution in [1.29, 1.82) is 0 Å². The summed E-state index contributed by atoms with van der Waals surface area (Å²) < 4.78 is 88.6. The molecule has 0 N–H and O–H groups in total. The maximum absolute atomic E-state index is 13.4. The van der Waals surface area contributed by atoms with Crippen molar-refractivity contribution in [3.05, 3.63) is 52.0 Å². The lowest BCUT2D eigenvalue weighted by Crippen LogP contribution is -2.56. The molecule has 0 bridgehead atoms. The van der Waals surface area contributed by atoms with Gasteiger partial charge in [0.2, 0.25) is 5.78 Å². The monoisotopic (exact) mass is 399 g/mol. The predicted octanol–water partition coefficient (Wildman–Crippen LogP) is 4.31. The summed E-state index contributed by atoms with van der Waals surface area (Å²) in [6.45, 7) is -1.28. The van der Waals surface area contributed by atoms with Crippen LogP contribution >= 0.6 is 11.3 Å². The highest BCUT2D eigenvalue weighted by Gasteiger charge is 2.75. The number of ether oxygens (including phenoxy) is 2. The zero-order valence-electron chi connectivity index (χ0n) is 13.0. The van der Waals surface area contributed by atoms with Gasteiger partial charge in [0.25, 0.3) is 0 Å². The average molecular weight is 399 g/mol. The van der Waals surface area contributed by atoms with E-state index in [9.17, 15) is 31.1 Å². The van der Waals surface area contributed by atoms with Crippen molar-refractivity contribution in [3.8, 4) is 0 Å². The van der Waals surface area contributed by atoms with Crippen LogP contribution in [0.3, 0.4) is 0 Å². The van der Waals surface area contributed by atoms with Crippen molar-refractivity contribution >= 4 is 17.1 Å². The molecule has 0 unspecified atom stereocenters. The fraction of sp³-hybridized carbons (Fsp3) is 0.333. The van der Waals surface area contributed by atoms with E-state index >= 15 is 0 Å². The van der Waals surface area contributed by atoms with Crippen LogP contribution in [0.4, 0.5) is 26.3 Å². The number of hydrogen-bond donors (Lipinski definition) is 0. The number of thiazole rings is 1. The highest BCUT2D eigenvalue weighted by Crippen LogP contribution is 2.53. The molecule has 2 aromatic rings. The molecular weight excluding hydrogens is 388 g/mol. The van der Waals surface area contributed by atoms with E-state index in [-0.39, 0.29) is 21.8 Å². The van der Waals surface area contributed by atoms with Gasteiger partial charge in [-0.25, -0.2) is 4.98 Å². The second kappa shape index (κ2) is 7.33. The van der Waals surface area contributed by atoms with E-state index in [1.54, 1.807) is 6.07 Å². The molecule has 0 saturated heterocycles. The lowest BCUT2D eigenvalue weighted by Gasteiger charge is -2.34. The molecule has 0 aliphatic carbocycles. The molecule has 0 spiro atoms. The van der Waals surface area contributed by atoms with Crippen molar-refractivity contribution in [2.24, 2.45) is 0 Å². The number of benzene rings is 1. The number of aromatic nitrogens is 1. The number of halogens is 6. The Morgan fingerprint density at radius 3 is 2.15 bits per heavy atom. The van der Waals surface area contributed by atoms with E-state index in [4.69, 9.17) is 0 Å². The highest BCUT2D eigenvalue weighted by atomic mass is 32.1. The Kier molecular flexibility index (Phi) is 5.73. The van der Waals surface area contributed by atoms with Crippen LogP contribution in [0, 0.1) is 0 Å². The van der Waals surface area contributed by atoms with E-state index in [2.05, 4.69) is 14.5 Å². The molecule has 1 heterocycles. The average Bonchev–Trinajstić information content (AvgIpc) is 3.03. The largest absolute Gasteiger partial charge is 0.433 e. The number of carbonyl (C=O) groups is 1. The fourth-order valence-corrected chi connectivity index (χ4v) is 3.11. The van der Waals surface area contributed by atoms with Crippen LogP contribution in [-0.4, -0.2) is 37.0 Å². The van der Waals surface area contributed by atoms with Crippen LogP contribution in [0.25, 0.3) is 0 Å². The summed E-state index contributed by atoms with van der Waals surface area (Å²) in [7, 11) is 0.879. The first-order chi connectivity index (χ1) is 12.0. The number of rotatable bonds is 6. The van der Waals surface area contributed by atoms with Crippen LogP contribution < -0.4 is 0 Å². The molecule has 11 heteroatoms. The van der Waals surface area contributed by atoms with Crippen LogP contribution in [0.5, 0.6) is 0 Å². The molecule has 0 radical (unpaired) electrons. The Hall–Kier alpha value is -1.98. The molecule has 4 nitrogen and oxygen atoms in total. The van der Waals surface area contributed by atoms with E-state index < -0.39 is 35.5 Å². The highest BCUT2D eigenvalue weighted by molar-refractivity contribution is 7.14. The van der Waals surface area contributed by atoms with Gasteiger partial charge < -0.3 is 9.47 Å². The van der Waals surface area contributed by atoms with Gasteiger partial charge in [0.1, 0.15) is 11.8 Å². The van der Waals surface area contributed by atoms with Crippen molar-refractivity contribution < 1.29 is 40.6 Å². The first kappa shape index (κ1) is 20.3. The van der Waals surface area contributed by atoms with Crippen LogP contribution in [0.2, 0.25) is 0 Å². The fourth-order valence-electron chi connectivity index (χ4n) is 2.05. The van der Waals surface area contributed by atoms with Gasteiger partial charge in [-0.2, -0.15) is 26.3 Å². The van der Waals surface area contributed by atoms with Crippen LogP contribution in [0.15, 0.2) is 36.5 Å². The number of carbonyl (C=O) groups excluding carboxylic acids is 1. The van der Waals surface area contributed by atoms with E-state index in [1.165, 1.54) is 24.3 Å². The predicted molar refractivity (Wildman–Crippen MR) is 78.7 cm³/mol. The van der Waals surface area contributed by atoms with Gasteiger partial charge in [0, 0.05) is 18.9 Å². The van der Waals surface area contributed by atoms with Crippen molar-refractivity contribution in [1.82, 2.24) is 4.98 Å². The molecule has 2 rings (SSSR count). The number of alkyl halides is 6. The molecule has 0 saturated carbocycles. The Morgan fingerprint density at radius 2 is 1.65 bits per heavy atom. The summed E-state index contributed by atoms with van der Waals surface area (Å²) >= 11 is -0.0343. The summed E-state index contributed by atoms with van der Waals surface area (Å²) in [6.07, 6.45) is -11.1. The normalized spacial score (nSPS) is 13.0. The van der Waals surface area contributed by atoms with E-state index in [0.717, 1.165) is 7.11 Å². The van der Waals surface area contributed by atoms with Crippen LogP contribution in [0.1, 0.15) is 20.2 Å². The third-order valence-electron chi connectivity index (χ3n) is 3.26. The first-order valence-corrected chi connectivity index (χ1v) is 7.68. The van der Waals surface area contributed by atoms with Gasteiger partial charge in [0.15, 0.2) is 0 Å². The topological polar surface area (TPSA) is 48.4 Å². The first-order valence-electron chi connectivity index (χ1n) is 6.87. The van der Waals surface area contributed by atoms with E-state index in [0.29, 0.717) is 6.20 Å². The summed E-state index contributed by atoms with van der Waals surface area (Å²) in [5.74, 6) is -0.751. The Balaban J connectivity index is 2.54. The summed E-state index contributed by atoms with van der Waals surface area (Å²) in [5.41, 5.74) is -4.60. The number of nitrogens with zero attached hydrogens (tertiary/aromatic N) is 1. The van der Waals surface area contributed by atoms with Gasteiger partial charge in [-0.15, -0.1) is 11.3 Å². The molecule has 1 aromatic carbocycles. The third kappa shape index (κ3) is 3.60. The Labute approximate surface area is 147 Å². The smallest absolute Gasteiger partial charge is 0.359 e. The van der Waals surface area contributed by atoms with Gasteiger partial charge in [0.05, 0.1) is 4.88 Å². The van der Waals surface area contributed by atoms with Gasteiger partial charge in [-0.3, -0.25) is 4.79 Å². The van der Waals surface area contributed by atoms with Crippen molar-refractivity contribution in [3.63, 3.8) is 0 Å². The maximum atomic E-state index is 13.4. The summed E-state index contributed by atoms with van der Waals surface area (Å²) in [4.78, 5) is 15.1. The molecule has 0 atom stereocenters. The minimum atomic E-state index is -5.88. The van der Waals surface area contributed by atoms with Crippen molar-refractivity contribution in [2.45, 2.75) is 18.0 Å². The third-order valence-corrected chi connectivity index (χ3v) is 4.36. The second-order valence-electron chi connectivity index (χ2n) is 4.95. The van der Waals surface area contributed by atoms with Gasteiger partial charge in [-0.1, -0.05) is 30.3 Å². The van der Waals surface area contributed by atoms with Gasteiger partial charge in [-0.05, 0) is 0 Å². The molecular formula is C15H11F6NO3S. The van der Waals surface area contributed by atoms with Crippen molar-refractivity contribution in [2.75, 3.05) is 13.9 Å². The minimum absolute atomic E-state index is 0.0343. The SMILES string of the molecule is COCOC(c1ncc(C(=O)c2ccccc2)s1)(C(F)(F)F)C(F)(F)F. The minimum Gasteiger partial charge on any atom is -0.359 e. The Bertz CT molecular complexity index is 743. The van der Waals surface area contributed by atoms with E-state index in [1.807, 2.05) is 0 Å². The lowest BCUT2D eigenvalue weighted by molar-refractivity contribution is -0.400. The Morgan fingerprint density at radius 1 is 1.08 bits per heavy atom. The lowest BCUT2D eigenvalue weighted by atomic mass is 10.0. The maximum Gasteiger partial charge on any atom is 0.433 e.